The number of likely N-dealkylation sites (tertiary alicyclic amines) is 1. The van der Waals surface area contributed by atoms with Crippen molar-refractivity contribution in [3.05, 3.63) is 58.6 Å². The van der Waals surface area contributed by atoms with Crippen LogP contribution in [0.3, 0.4) is 0 Å². The number of carbonyl (C=O) groups is 4. The Morgan fingerprint density at radius 1 is 1.09 bits per heavy atom. The third-order valence-electron chi connectivity index (χ3n) is 8.95. The van der Waals surface area contributed by atoms with Crippen LogP contribution < -0.4 is 5.32 Å². The summed E-state index contributed by atoms with van der Waals surface area (Å²) in [5.74, 6) is -3.88. The van der Waals surface area contributed by atoms with E-state index in [1.807, 2.05) is 44.2 Å². The standard InChI is InChI=1S/C32H40BrN3O8/c1-18(2)35-14-10-6-9-13-23(38)34-22(17-42-4)26(20-11-7-5-8-12-20)43-31(41)24-25-29(39)36(19(3)16-37)28(30(35)40)32(25)15-21(33)27(24)44-32/h5-8,10-12,15,18-19,22,24-28,37H,9,13-14,16-17H2,1-4H3,(H,34,38)/b10-6-/t19-,22+,24-,25+,26+,27-,28-,32+/m1/s1. The molecule has 2 fully saturated rings. The summed E-state index contributed by atoms with van der Waals surface area (Å²) in [6, 6.07) is 6.27. The molecule has 0 saturated carbocycles. The molecule has 2 N–H and O–H groups in total. The summed E-state index contributed by atoms with van der Waals surface area (Å²) in [7, 11) is 1.50. The molecule has 4 aliphatic heterocycles. The van der Waals surface area contributed by atoms with Crippen molar-refractivity contribution >= 4 is 39.6 Å². The number of carbonyl (C=O) groups excluding carboxylic acids is 4. The number of ether oxygens (including phenoxy) is 3. The molecule has 5 bridgehead atoms. The van der Waals surface area contributed by atoms with E-state index in [1.165, 1.54) is 12.0 Å². The number of methoxy groups -OCH3 is 1. The topological polar surface area (TPSA) is 135 Å². The number of aliphatic hydroxyl groups excluding tert-OH is 1. The maximum atomic E-state index is 14.4. The summed E-state index contributed by atoms with van der Waals surface area (Å²) in [6.07, 6.45) is 4.24. The molecule has 1 aromatic carbocycles. The SMILES string of the molecule is COC[C@@H]1NC(=O)CC/C=C\CN(C(C)C)C(=O)[C@H]2N([C@H](C)CO)C(=O)[C@@H]3[C@@H](C(=O)O[C@H]1c1ccccc1)[C@@H]1O[C@@]32C=C1Br. The molecule has 5 rings (SSSR count). The van der Waals surface area contributed by atoms with Crippen LogP contribution in [-0.2, 0) is 33.4 Å². The predicted molar refractivity (Wildman–Crippen MR) is 163 cm³/mol. The number of rotatable bonds is 6. The van der Waals surface area contributed by atoms with Crippen LogP contribution >= 0.6 is 15.9 Å². The number of halogens is 1. The van der Waals surface area contributed by atoms with Gasteiger partial charge in [0.05, 0.1) is 31.2 Å². The summed E-state index contributed by atoms with van der Waals surface area (Å²) >= 11 is 3.56. The fraction of sp³-hybridized carbons (Fsp3) is 0.562. The number of benzene rings is 1. The second-order valence-electron chi connectivity index (χ2n) is 12.1. The lowest BCUT2D eigenvalue weighted by atomic mass is 9.74. The second kappa shape index (κ2) is 13.1. The van der Waals surface area contributed by atoms with E-state index < -0.39 is 59.6 Å². The first kappa shape index (κ1) is 32.3. The number of hydrogen-bond donors (Lipinski definition) is 2. The highest BCUT2D eigenvalue weighted by molar-refractivity contribution is 9.11. The lowest BCUT2D eigenvalue weighted by molar-refractivity contribution is -0.163. The predicted octanol–water partition coefficient (Wildman–Crippen LogP) is 2.24. The van der Waals surface area contributed by atoms with Gasteiger partial charge < -0.3 is 34.4 Å². The van der Waals surface area contributed by atoms with Crippen molar-refractivity contribution in [1.29, 1.82) is 0 Å². The highest BCUT2D eigenvalue weighted by Crippen LogP contribution is 2.59. The van der Waals surface area contributed by atoms with Crippen LogP contribution in [0.4, 0.5) is 0 Å². The number of esters is 1. The van der Waals surface area contributed by atoms with Crippen molar-refractivity contribution in [3.63, 3.8) is 0 Å². The molecule has 0 unspecified atom stereocenters. The van der Waals surface area contributed by atoms with Gasteiger partial charge in [-0.2, -0.15) is 0 Å². The lowest BCUT2D eigenvalue weighted by Gasteiger charge is -2.39. The molecule has 0 aromatic heterocycles. The van der Waals surface area contributed by atoms with Gasteiger partial charge in [-0.05, 0) is 38.8 Å². The van der Waals surface area contributed by atoms with Gasteiger partial charge in [0.25, 0.3) is 0 Å². The van der Waals surface area contributed by atoms with Crippen LogP contribution in [0.15, 0.2) is 53.0 Å². The van der Waals surface area contributed by atoms with Crippen molar-refractivity contribution in [2.75, 3.05) is 26.9 Å². The Bertz CT molecular complexity index is 1340. The van der Waals surface area contributed by atoms with E-state index >= 15 is 0 Å². The fourth-order valence-corrected chi connectivity index (χ4v) is 7.63. The lowest BCUT2D eigenvalue weighted by Crippen LogP contribution is -2.59. The minimum Gasteiger partial charge on any atom is -0.455 e. The Morgan fingerprint density at radius 3 is 2.48 bits per heavy atom. The molecule has 0 radical (unpaired) electrons. The highest BCUT2D eigenvalue weighted by Gasteiger charge is 2.75. The van der Waals surface area contributed by atoms with Crippen molar-refractivity contribution < 1.29 is 38.5 Å². The largest absolute Gasteiger partial charge is 0.455 e. The minimum atomic E-state index is -1.45. The van der Waals surface area contributed by atoms with Gasteiger partial charge in [0.15, 0.2) is 0 Å². The van der Waals surface area contributed by atoms with Gasteiger partial charge >= 0.3 is 5.97 Å². The number of hydrogen-bond acceptors (Lipinski definition) is 8. The van der Waals surface area contributed by atoms with E-state index in [0.29, 0.717) is 16.5 Å². The third kappa shape index (κ3) is 5.61. The Kier molecular flexibility index (Phi) is 9.64. The number of aliphatic hydroxyl groups is 1. The van der Waals surface area contributed by atoms with Gasteiger partial charge in [-0.25, -0.2) is 0 Å². The maximum Gasteiger partial charge on any atom is 0.313 e. The van der Waals surface area contributed by atoms with Crippen molar-refractivity contribution in [1.82, 2.24) is 15.1 Å². The first-order chi connectivity index (χ1) is 21.0. The molecule has 2 saturated heterocycles. The summed E-state index contributed by atoms with van der Waals surface area (Å²) in [4.78, 5) is 59.1. The van der Waals surface area contributed by atoms with Crippen LogP contribution in [0.5, 0.6) is 0 Å². The second-order valence-corrected chi connectivity index (χ2v) is 13.0. The average molecular weight is 675 g/mol. The molecule has 238 valence electrons. The van der Waals surface area contributed by atoms with Crippen LogP contribution in [0, 0.1) is 11.8 Å². The number of fused-ring (bicyclic) bond motifs is 2. The molecule has 8 atom stereocenters. The van der Waals surface area contributed by atoms with Crippen molar-refractivity contribution in [3.8, 4) is 0 Å². The van der Waals surface area contributed by atoms with E-state index in [4.69, 9.17) is 14.2 Å². The summed E-state index contributed by atoms with van der Waals surface area (Å²) in [5, 5.41) is 13.1. The molecule has 44 heavy (non-hydrogen) atoms. The highest BCUT2D eigenvalue weighted by atomic mass is 79.9. The molecule has 11 nitrogen and oxygen atoms in total. The zero-order valence-corrected chi connectivity index (χ0v) is 26.9. The van der Waals surface area contributed by atoms with Gasteiger partial charge in [-0.1, -0.05) is 58.4 Å². The third-order valence-corrected chi connectivity index (χ3v) is 9.63. The zero-order chi connectivity index (χ0) is 31.8. The molecule has 0 aliphatic carbocycles. The molecule has 1 aromatic rings. The number of cyclic esters (lactones) is 1. The monoisotopic (exact) mass is 673 g/mol. The Morgan fingerprint density at radius 2 is 1.82 bits per heavy atom. The van der Waals surface area contributed by atoms with Gasteiger partial charge in [0.1, 0.15) is 29.8 Å². The van der Waals surface area contributed by atoms with E-state index in [2.05, 4.69) is 21.2 Å². The molecule has 4 heterocycles. The van der Waals surface area contributed by atoms with Crippen LogP contribution in [0.2, 0.25) is 0 Å². The average Bonchev–Trinajstić information content (AvgIpc) is 3.59. The van der Waals surface area contributed by atoms with E-state index in [9.17, 15) is 24.3 Å². The van der Waals surface area contributed by atoms with Crippen molar-refractivity contribution in [2.45, 2.75) is 75.6 Å². The van der Waals surface area contributed by atoms with Crippen LogP contribution in [-0.4, -0.2) is 101 Å². The molecule has 4 aliphatic rings. The van der Waals surface area contributed by atoms with Gasteiger partial charge in [0, 0.05) is 30.6 Å². The molecule has 3 amide bonds. The fourth-order valence-electron chi connectivity index (χ4n) is 6.89. The zero-order valence-electron chi connectivity index (χ0n) is 25.4. The quantitative estimate of drug-likeness (QED) is 0.347. The Balaban J connectivity index is 1.64. The number of amides is 3. The van der Waals surface area contributed by atoms with E-state index in [-0.39, 0.29) is 44.0 Å². The molecular weight excluding hydrogens is 634 g/mol. The summed E-state index contributed by atoms with van der Waals surface area (Å²) < 4.78 is 18.7. The molecular formula is C32H40BrN3O8. The first-order valence-corrected chi connectivity index (χ1v) is 15.8. The normalized spacial score (nSPS) is 34.1. The number of nitrogens with zero attached hydrogens (tertiary/aromatic N) is 2. The number of allylic oxidation sites excluding steroid dienone is 1. The van der Waals surface area contributed by atoms with E-state index in [1.54, 1.807) is 30.0 Å². The number of nitrogens with one attached hydrogen (secondary N) is 1. The van der Waals surface area contributed by atoms with E-state index in [0.717, 1.165) is 0 Å². The smallest absolute Gasteiger partial charge is 0.313 e. The van der Waals surface area contributed by atoms with Crippen LogP contribution in [0.1, 0.15) is 45.3 Å². The molecule has 12 heteroatoms. The first-order valence-electron chi connectivity index (χ1n) is 15.0. The molecule has 1 spiro atoms. The summed E-state index contributed by atoms with van der Waals surface area (Å²) in [5.41, 5.74) is -0.804. The minimum absolute atomic E-state index is 0.0661. The Hall–Kier alpha value is -3.06. The van der Waals surface area contributed by atoms with Gasteiger partial charge in [0.2, 0.25) is 17.7 Å². The van der Waals surface area contributed by atoms with Gasteiger partial charge in [-0.3, -0.25) is 19.2 Å². The van der Waals surface area contributed by atoms with Crippen LogP contribution in [0.25, 0.3) is 0 Å². The maximum absolute atomic E-state index is 14.4. The van der Waals surface area contributed by atoms with Gasteiger partial charge in [-0.15, -0.1) is 0 Å². The summed E-state index contributed by atoms with van der Waals surface area (Å²) in [6.45, 7) is 5.36. The Labute approximate surface area is 265 Å². The van der Waals surface area contributed by atoms with Crippen molar-refractivity contribution in [2.24, 2.45) is 11.8 Å².